The number of ether oxygens (including phenoxy) is 1. The Morgan fingerprint density at radius 3 is 2.73 bits per heavy atom. The Balaban J connectivity index is 1.11. The Labute approximate surface area is 179 Å². The van der Waals surface area contributed by atoms with Crippen molar-refractivity contribution in [2.45, 2.75) is 25.5 Å². The van der Waals surface area contributed by atoms with Crippen molar-refractivity contribution in [1.29, 1.82) is 0 Å². The minimum absolute atomic E-state index is 0.262. The lowest BCUT2D eigenvalue weighted by Crippen LogP contribution is -2.40. The third-order valence-electron chi connectivity index (χ3n) is 5.17. The van der Waals surface area contributed by atoms with Crippen LogP contribution in [0.1, 0.15) is 18.4 Å². The van der Waals surface area contributed by atoms with Crippen LogP contribution in [-0.2, 0) is 11.4 Å². The average Bonchev–Trinajstić information content (AvgIpc) is 3.19. The Morgan fingerprint density at radius 2 is 1.97 bits per heavy atom. The number of hydrogen-bond donors (Lipinski definition) is 0. The summed E-state index contributed by atoms with van der Waals surface area (Å²) >= 11 is 1.51. The molecule has 0 radical (unpaired) electrons. The molecular formula is C22H23N5O2S. The van der Waals surface area contributed by atoms with Gasteiger partial charge in [-0.1, -0.05) is 23.5 Å². The summed E-state index contributed by atoms with van der Waals surface area (Å²) in [5.74, 6) is 0.794. The van der Waals surface area contributed by atoms with Crippen LogP contribution in [0.3, 0.4) is 0 Å². The van der Waals surface area contributed by atoms with Crippen molar-refractivity contribution in [3.8, 4) is 10.9 Å². The molecule has 7 nitrogen and oxygen atoms in total. The van der Waals surface area contributed by atoms with Gasteiger partial charge in [0.2, 0.25) is 0 Å². The fourth-order valence-corrected chi connectivity index (χ4v) is 4.42. The zero-order valence-corrected chi connectivity index (χ0v) is 17.4. The van der Waals surface area contributed by atoms with Crippen molar-refractivity contribution in [2.75, 3.05) is 19.6 Å². The molecule has 154 valence electrons. The molecule has 1 saturated heterocycles. The number of thiazole rings is 1. The van der Waals surface area contributed by atoms with Gasteiger partial charge >= 0.3 is 0 Å². The van der Waals surface area contributed by atoms with E-state index in [4.69, 9.17) is 9.57 Å². The van der Waals surface area contributed by atoms with Crippen LogP contribution in [0.15, 0.2) is 59.9 Å². The van der Waals surface area contributed by atoms with Gasteiger partial charge in [0.25, 0.3) is 5.19 Å². The monoisotopic (exact) mass is 421 g/mol. The third kappa shape index (κ3) is 4.67. The van der Waals surface area contributed by atoms with Crippen LogP contribution in [0, 0.1) is 0 Å². The highest BCUT2D eigenvalue weighted by Gasteiger charge is 2.22. The molecule has 1 aromatic carbocycles. The molecule has 0 atom stereocenters. The Morgan fingerprint density at radius 1 is 1.10 bits per heavy atom. The maximum Gasteiger partial charge on any atom is 0.281 e. The maximum absolute atomic E-state index is 6.01. The van der Waals surface area contributed by atoms with Gasteiger partial charge in [-0.25, -0.2) is 15.0 Å². The van der Waals surface area contributed by atoms with E-state index in [1.165, 1.54) is 16.9 Å². The Kier molecular flexibility index (Phi) is 5.69. The van der Waals surface area contributed by atoms with Crippen molar-refractivity contribution >= 4 is 28.0 Å². The van der Waals surface area contributed by atoms with Crippen LogP contribution in [0.2, 0.25) is 0 Å². The molecule has 0 amide bonds. The van der Waals surface area contributed by atoms with Crippen molar-refractivity contribution in [2.24, 2.45) is 4.99 Å². The van der Waals surface area contributed by atoms with E-state index in [2.05, 4.69) is 32.0 Å². The normalized spacial score (nSPS) is 17.7. The first kappa shape index (κ1) is 19.2. The van der Waals surface area contributed by atoms with E-state index in [-0.39, 0.29) is 6.10 Å². The second-order valence-corrected chi connectivity index (χ2v) is 8.37. The number of rotatable bonds is 6. The molecule has 4 heterocycles. The van der Waals surface area contributed by atoms with E-state index in [9.17, 15) is 0 Å². The summed E-state index contributed by atoms with van der Waals surface area (Å²) < 4.78 is 6.94. The zero-order valence-electron chi connectivity index (χ0n) is 16.6. The number of benzene rings is 1. The van der Waals surface area contributed by atoms with Crippen molar-refractivity contribution in [1.82, 2.24) is 19.9 Å². The number of aliphatic imine (C=N–C) groups is 1. The van der Waals surface area contributed by atoms with Crippen molar-refractivity contribution in [3.63, 3.8) is 0 Å². The first-order chi connectivity index (χ1) is 14.8. The van der Waals surface area contributed by atoms with Gasteiger partial charge in [-0.15, -0.1) is 0 Å². The molecule has 0 spiro atoms. The van der Waals surface area contributed by atoms with Crippen LogP contribution in [-0.4, -0.2) is 52.0 Å². The number of nitrogens with zero attached hydrogens (tertiary/aromatic N) is 5. The molecule has 2 aromatic heterocycles. The van der Waals surface area contributed by atoms with Gasteiger partial charge in [0.05, 0.1) is 17.3 Å². The van der Waals surface area contributed by atoms with Crippen LogP contribution in [0.4, 0.5) is 0 Å². The molecule has 0 aliphatic carbocycles. The van der Waals surface area contributed by atoms with Gasteiger partial charge in [-0.3, -0.25) is 9.74 Å². The third-order valence-corrected chi connectivity index (χ3v) is 6.06. The van der Waals surface area contributed by atoms with E-state index >= 15 is 0 Å². The fourth-order valence-electron chi connectivity index (χ4n) is 3.62. The second kappa shape index (κ2) is 8.91. The molecule has 0 saturated carbocycles. The summed E-state index contributed by atoms with van der Waals surface area (Å²) in [6, 6.07) is 12.2. The standard InChI is InChI=1S/C22H23N5O2S/c1-3-20-21(24-11-1)25-22(30-20)28-18-6-4-17(5-7-18)15-26-13-8-19(9-14-26)29-27-12-2-10-23-16-27/h1-7,10-11,16,19H,8-9,12-15H2. The van der Waals surface area contributed by atoms with Gasteiger partial charge in [0.15, 0.2) is 5.65 Å². The number of fused-ring (bicyclic) bond motifs is 1. The maximum atomic E-state index is 6.01. The Bertz CT molecular complexity index is 1010. The highest BCUT2D eigenvalue weighted by Crippen LogP contribution is 2.30. The highest BCUT2D eigenvalue weighted by atomic mass is 32.1. The first-order valence-corrected chi connectivity index (χ1v) is 11.0. The Hall–Kier alpha value is -2.81. The summed E-state index contributed by atoms with van der Waals surface area (Å²) in [6.45, 7) is 3.77. The average molecular weight is 422 g/mol. The minimum atomic E-state index is 0.262. The number of aromatic nitrogens is 2. The summed E-state index contributed by atoms with van der Waals surface area (Å²) in [4.78, 5) is 21.3. The molecule has 0 unspecified atom stereocenters. The minimum Gasteiger partial charge on any atom is -0.431 e. The van der Waals surface area contributed by atoms with Gasteiger partial charge in [0, 0.05) is 32.0 Å². The van der Waals surface area contributed by atoms with Crippen LogP contribution in [0.5, 0.6) is 10.9 Å². The molecule has 5 rings (SSSR count). The zero-order chi connectivity index (χ0) is 20.2. The van der Waals surface area contributed by atoms with Crippen molar-refractivity contribution in [3.05, 3.63) is 60.4 Å². The summed E-state index contributed by atoms with van der Waals surface area (Å²) in [6.07, 6.45) is 9.61. The smallest absolute Gasteiger partial charge is 0.281 e. The lowest BCUT2D eigenvalue weighted by Gasteiger charge is -2.34. The quantitative estimate of drug-likeness (QED) is 0.593. The number of hydrogen-bond acceptors (Lipinski definition) is 8. The van der Waals surface area contributed by atoms with E-state index in [0.717, 1.165) is 55.1 Å². The molecule has 8 heteroatoms. The second-order valence-electron chi connectivity index (χ2n) is 7.38. The molecule has 1 fully saturated rings. The first-order valence-electron chi connectivity index (χ1n) is 10.1. The number of piperidine rings is 1. The largest absolute Gasteiger partial charge is 0.431 e. The molecule has 2 aliphatic rings. The lowest BCUT2D eigenvalue weighted by molar-refractivity contribution is -0.151. The summed E-state index contributed by atoms with van der Waals surface area (Å²) in [5, 5.41) is 2.44. The van der Waals surface area contributed by atoms with Crippen LogP contribution < -0.4 is 4.74 Å². The van der Waals surface area contributed by atoms with E-state index in [1.54, 1.807) is 18.7 Å². The molecule has 30 heavy (non-hydrogen) atoms. The molecule has 2 aliphatic heterocycles. The molecule has 3 aromatic rings. The van der Waals surface area contributed by atoms with Gasteiger partial charge in [0.1, 0.15) is 12.1 Å². The molecular weight excluding hydrogens is 398 g/mol. The molecule has 0 N–H and O–H groups in total. The molecule has 0 bridgehead atoms. The topological polar surface area (TPSA) is 63.1 Å². The number of pyridine rings is 1. The van der Waals surface area contributed by atoms with E-state index < -0.39 is 0 Å². The van der Waals surface area contributed by atoms with Gasteiger partial charge < -0.3 is 4.74 Å². The SMILES string of the molecule is C1=CN=CN(OC2CCN(Cc3ccc(Oc4nc5ncccc5s4)cc3)CC2)C1. The number of likely N-dealkylation sites (tertiary alicyclic amines) is 1. The predicted molar refractivity (Wildman–Crippen MR) is 118 cm³/mol. The summed E-state index contributed by atoms with van der Waals surface area (Å²) in [5.41, 5.74) is 2.01. The fraction of sp³-hybridized carbons (Fsp3) is 0.318. The number of hydroxylamine groups is 2. The highest BCUT2D eigenvalue weighted by molar-refractivity contribution is 7.20. The summed E-state index contributed by atoms with van der Waals surface area (Å²) in [7, 11) is 0. The van der Waals surface area contributed by atoms with Crippen LogP contribution >= 0.6 is 11.3 Å². The van der Waals surface area contributed by atoms with Crippen molar-refractivity contribution < 1.29 is 9.57 Å². The van der Waals surface area contributed by atoms with E-state index in [0.29, 0.717) is 5.19 Å². The van der Waals surface area contributed by atoms with Gasteiger partial charge in [-0.05, 0) is 48.7 Å². The van der Waals surface area contributed by atoms with Crippen LogP contribution in [0.25, 0.3) is 10.3 Å². The van der Waals surface area contributed by atoms with E-state index in [1.807, 2.05) is 35.4 Å². The van der Waals surface area contributed by atoms with Gasteiger partial charge in [-0.2, -0.15) is 4.98 Å². The lowest BCUT2D eigenvalue weighted by atomic mass is 10.1. The predicted octanol–water partition coefficient (Wildman–Crippen LogP) is 4.24.